The topological polar surface area (TPSA) is 71.3 Å². The minimum absolute atomic E-state index is 0.133. The van der Waals surface area contributed by atoms with Crippen LogP contribution in [0.25, 0.3) is 0 Å². The molecule has 114 valence electrons. The van der Waals surface area contributed by atoms with E-state index in [-0.39, 0.29) is 10.6 Å². The van der Waals surface area contributed by atoms with Crippen LogP contribution in [0.3, 0.4) is 0 Å². The van der Waals surface area contributed by atoms with E-state index in [1.165, 1.54) is 19.3 Å². The van der Waals surface area contributed by atoms with Crippen LogP contribution in [0.1, 0.15) is 31.2 Å². The van der Waals surface area contributed by atoms with E-state index in [1.54, 1.807) is 12.3 Å². The van der Waals surface area contributed by atoms with Crippen molar-refractivity contribution >= 4 is 11.5 Å². The van der Waals surface area contributed by atoms with Gasteiger partial charge in [0.05, 0.1) is 4.92 Å². The SMILES string of the molecule is Cc1cnc(N(CC2CC2)CC2CCCN2)c([N+](=O)[O-])c1. The molecule has 1 saturated heterocycles. The van der Waals surface area contributed by atoms with E-state index in [2.05, 4.69) is 15.2 Å². The van der Waals surface area contributed by atoms with Crippen LogP contribution in [-0.4, -0.2) is 35.6 Å². The largest absolute Gasteiger partial charge is 0.349 e. The van der Waals surface area contributed by atoms with Crippen LogP contribution >= 0.6 is 0 Å². The van der Waals surface area contributed by atoms with Crippen molar-refractivity contribution < 1.29 is 4.92 Å². The van der Waals surface area contributed by atoms with Gasteiger partial charge in [-0.1, -0.05) is 0 Å². The van der Waals surface area contributed by atoms with Crippen molar-refractivity contribution in [3.8, 4) is 0 Å². The fourth-order valence-electron chi connectivity index (χ4n) is 2.96. The molecule has 21 heavy (non-hydrogen) atoms. The summed E-state index contributed by atoms with van der Waals surface area (Å²) in [5, 5.41) is 14.8. The second kappa shape index (κ2) is 5.97. The maximum Gasteiger partial charge on any atom is 0.311 e. The Labute approximate surface area is 124 Å². The van der Waals surface area contributed by atoms with Gasteiger partial charge in [0, 0.05) is 31.4 Å². The van der Waals surface area contributed by atoms with Crippen LogP contribution in [0.15, 0.2) is 12.3 Å². The van der Waals surface area contributed by atoms with Gasteiger partial charge in [-0.05, 0) is 50.6 Å². The van der Waals surface area contributed by atoms with Crippen molar-refractivity contribution in [1.82, 2.24) is 10.3 Å². The van der Waals surface area contributed by atoms with E-state index in [0.29, 0.717) is 17.8 Å². The van der Waals surface area contributed by atoms with Crippen molar-refractivity contribution in [3.63, 3.8) is 0 Å². The monoisotopic (exact) mass is 290 g/mol. The number of pyridine rings is 1. The lowest BCUT2D eigenvalue weighted by molar-refractivity contribution is -0.384. The second-order valence-electron chi connectivity index (χ2n) is 6.25. The highest BCUT2D eigenvalue weighted by atomic mass is 16.6. The number of nitrogens with one attached hydrogen (secondary N) is 1. The fourth-order valence-corrected chi connectivity index (χ4v) is 2.96. The molecule has 1 unspecified atom stereocenters. The van der Waals surface area contributed by atoms with Gasteiger partial charge in [-0.25, -0.2) is 4.98 Å². The summed E-state index contributed by atoms with van der Waals surface area (Å²) >= 11 is 0. The Balaban J connectivity index is 1.85. The summed E-state index contributed by atoms with van der Waals surface area (Å²) in [6.07, 6.45) is 6.51. The van der Waals surface area contributed by atoms with Gasteiger partial charge in [-0.3, -0.25) is 10.1 Å². The number of nitrogens with zero attached hydrogens (tertiary/aromatic N) is 3. The van der Waals surface area contributed by atoms with Crippen molar-refractivity contribution in [1.29, 1.82) is 0 Å². The second-order valence-corrected chi connectivity index (χ2v) is 6.25. The summed E-state index contributed by atoms with van der Waals surface area (Å²) in [6.45, 7) is 4.58. The average Bonchev–Trinajstić information content (AvgIpc) is 3.11. The minimum Gasteiger partial charge on any atom is -0.349 e. The molecule has 0 amide bonds. The normalized spacial score (nSPS) is 21.5. The van der Waals surface area contributed by atoms with Gasteiger partial charge in [-0.2, -0.15) is 0 Å². The molecule has 1 aromatic heterocycles. The fraction of sp³-hybridized carbons (Fsp3) is 0.667. The Morgan fingerprint density at radius 1 is 1.43 bits per heavy atom. The molecule has 1 aromatic rings. The first-order valence-electron chi connectivity index (χ1n) is 7.73. The van der Waals surface area contributed by atoms with E-state index in [1.807, 2.05) is 6.92 Å². The molecule has 1 saturated carbocycles. The maximum absolute atomic E-state index is 11.3. The van der Waals surface area contributed by atoms with Gasteiger partial charge in [0.15, 0.2) is 0 Å². The van der Waals surface area contributed by atoms with Gasteiger partial charge < -0.3 is 10.2 Å². The number of aromatic nitrogens is 1. The van der Waals surface area contributed by atoms with E-state index in [4.69, 9.17) is 0 Å². The number of anilines is 1. The number of hydrogen-bond acceptors (Lipinski definition) is 5. The van der Waals surface area contributed by atoms with E-state index < -0.39 is 0 Å². The molecule has 6 nitrogen and oxygen atoms in total. The van der Waals surface area contributed by atoms with Crippen molar-refractivity contribution in [2.75, 3.05) is 24.5 Å². The predicted octanol–water partition coefficient (Wildman–Crippen LogP) is 2.27. The Morgan fingerprint density at radius 2 is 2.24 bits per heavy atom. The van der Waals surface area contributed by atoms with Crippen LogP contribution in [0.5, 0.6) is 0 Å². The van der Waals surface area contributed by atoms with E-state index in [9.17, 15) is 10.1 Å². The van der Waals surface area contributed by atoms with Gasteiger partial charge in [0.1, 0.15) is 0 Å². The molecule has 2 heterocycles. The first kappa shape index (κ1) is 14.3. The van der Waals surface area contributed by atoms with Crippen LogP contribution in [0.4, 0.5) is 11.5 Å². The molecular weight excluding hydrogens is 268 g/mol. The van der Waals surface area contributed by atoms with Crippen LogP contribution in [0, 0.1) is 23.0 Å². The molecule has 1 aliphatic carbocycles. The van der Waals surface area contributed by atoms with Crippen molar-refractivity contribution in [2.24, 2.45) is 5.92 Å². The minimum atomic E-state index is -0.308. The molecule has 6 heteroatoms. The van der Waals surface area contributed by atoms with Crippen LogP contribution < -0.4 is 10.2 Å². The highest BCUT2D eigenvalue weighted by Crippen LogP contribution is 2.34. The molecule has 0 spiro atoms. The summed E-state index contributed by atoms with van der Waals surface area (Å²) in [5.74, 6) is 1.21. The lowest BCUT2D eigenvalue weighted by Gasteiger charge is -2.26. The molecule has 2 fully saturated rings. The highest BCUT2D eigenvalue weighted by molar-refractivity contribution is 5.58. The van der Waals surface area contributed by atoms with Crippen molar-refractivity contribution in [3.05, 3.63) is 27.9 Å². The van der Waals surface area contributed by atoms with E-state index >= 15 is 0 Å². The molecule has 2 aliphatic rings. The third-order valence-corrected chi connectivity index (χ3v) is 4.26. The van der Waals surface area contributed by atoms with Crippen LogP contribution in [0.2, 0.25) is 0 Å². The van der Waals surface area contributed by atoms with Crippen molar-refractivity contribution in [2.45, 2.75) is 38.6 Å². The molecule has 3 rings (SSSR count). The average molecular weight is 290 g/mol. The Hall–Kier alpha value is -1.69. The summed E-state index contributed by atoms with van der Waals surface area (Å²) < 4.78 is 0. The summed E-state index contributed by atoms with van der Waals surface area (Å²) in [6, 6.07) is 2.05. The quantitative estimate of drug-likeness (QED) is 0.643. The third kappa shape index (κ3) is 3.50. The zero-order chi connectivity index (χ0) is 14.8. The van der Waals surface area contributed by atoms with Crippen LogP contribution in [-0.2, 0) is 0 Å². The molecule has 1 aliphatic heterocycles. The molecule has 0 bridgehead atoms. The van der Waals surface area contributed by atoms with E-state index in [0.717, 1.165) is 31.6 Å². The number of hydrogen-bond donors (Lipinski definition) is 1. The Kier molecular flexibility index (Phi) is 4.05. The first-order valence-corrected chi connectivity index (χ1v) is 7.73. The molecule has 0 radical (unpaired) electrons. The lowest BCUT2D eigenvalue weighted by Crippen LogP contribution is -2.39. The lowest BCUT2D eigenvalue weighted by atomic mass is 10.2. The number of rotatable bonds is 6. The predicted molar refractivity (Wildman–Crippen MR) is 81.6 cm³/mol. The summed E-state index contributed by atoms with van der Waals surface area (Å²) in [7, 11) is 0. The molecular formula is C15H22N4O2. The zero-order valence-electron chi connectivity index (χ0n) is 12.4. The first-order chi connectivity index (χ1) is 10.1. The van der Waals surface area contributed by atoms with Gasteiger partial charge >= 0.3 is 5.69 Å². The van der Waals surface area contributed by atoms with Gasteiger partial charge in [0.2, 0.25) is 5.82 Å². The Morgan fingerprint density at radius 3 is 2.86 bits per heavy atom. The molecule has 1 atom stereocenters. The van der Waals surface area contributed by atoms with Gasteiger partial charge in [0.25, 0.3) is 0 Å². The third-order valence-electron chi connectivity index (χ3n) is 4.26. The van der Waals surface area contributed by atoms with Gasteiger partial charge in [-0.15, -0.1) is 0 Å². The highest BCUT2D eigenvalue weighted by Gasteiger charge is 2.30. The zero-order valence-corrected chi connectivity index (χ0v) is 12.4. The maximum atomic E-state index is 11.3. The summed E-state index contributed by atoms with van der Waals surface area (Å²) in [4.78, 5) is 17.5. The smallest absolute Gasteiger partial charge is 0.311 e. The standard InChI is InChI=1S/C15H22N4O2/c1-11-7-14(19(20)21)15(17-8-11)18(9-12-4-5-12)10-13-3-2-6-16-13/h7-8,12-13,16H,2-6,9-10H2,1H3. The number of aryl methyl sites for hydroxylation is 1. The Bertz CT molecular complexity index is 524. The molecule has 0 aromatic carbocycles. The molecule has 1 N–H and O–H groups in total. The number of nitro groups is 1. The summed E-state index contributed by atoms with van der Waals surface area (Å²) in [5.41, 5.74) is 0.962.